The van der Waals surface area contributed by atoms with E-state index in [1.807, 2.05) is 0 Å². The fourth-order valence-electron chi connectivity index (χ4n) is 4.65. The van der Waals surface area contributed by atoms with E-state index in [-0.39, 0.29) is 11.8 Å². The molecule has 223 valence electrons. The molecule has 1 radical (unpaired) electrons. The molecule has 0 saturated carbocycles. The maximum absolute atomic E-state index is 13.6. The zero-order valence-electron chi connectivity index (χ0n) is 24.7. The van der Waals surface area contributed by atoms with Crippen molar-refractivity contribution in [3.8, 4) is 0 Å². The molecule has 3 unspecified atom stereocenters. The molecule has 0 aromatic heterocycles. The number of rotatable bonds is 19. The van der Waals surface area contributed by atoms with Crippen molar-refractivity contribution in [2.75, 3.05) is 21.1 Å². The van der Waals surface area contributed by atoms with Gasteiger partial charge in [-0.15, -0.1) is 0 Å². The van der Waals surface area contributed by atoms with E-state index in [4.69, 9.17) is 0 Å². The van der Waals surface area contributed by atoms with E-state index in [0.717, 1.165) is 13.2 Å². The predicted molar refractivity (Wildman–Crippen MR) is 144 cm³/mol. The summed E-state index contributed by atoms with van der Waals surface area (Å²) in [6.45, 7) is 10.7. The van der Waals surface area contributed by atoms with Crippen LogP contribution in [-0.2, 0) is 28.8 Å². The molecular formula is C27H46N3O9. The first-order valence-electron chi connectivity index (χ1n) is 13.0. The van der Waals surface area contributed by atoms with Crippen molar-refractivity contribution in [2.45, 2.75) is 96.2 Å². The maximum Gasteiger partial charge on any atom is 0.241 e. The molecule has 0 spiro atoms. The lowest BCUT2D eigenvalue weighted by Gasteiger charge is -2.36. The Bertz CT molecular complexity index is 931. The molecule has 0 bridgehead atoms. The van der Waals surface area contributed by atoms with Crippen LogP contribution in [0.3, 0.4) is 0 Å². The van der Waals surface area contributed by atoms with Gasteiger partial charge in [-0.25, -0.2) is 0 Å². The Morgan fingerprint density at radius 1 is 0.692 bits per heavy atom. The van der Waals surface area contributed by atoms with Crippen LogP contribution in [0, 0.1) is 17.8 Å². The first-order valence-corrected chi connectivity index (χ1v) is 13.0. The van der Waals surface area contributed by atoms with E-state index in [1.54, 1.807) is 41.5 Å². The van der Waals surface area contributed by atoms with Crippen molar-refractivity contribution < 1.29 is 44.1 Å². The van der Waals surface area contributed by atoms with Crippen molar-refractivity contribution in [1.29, 1.82) is 0 Å². The number of Topliss-reactive ketones (excluding diaryl/α,β-unsaturated/α-hetero) is 5. The summed E-state index contributed by atoms with van der Waals surface area (Å²) in [7, 11) is 4.26. The molecule has 6 atom stereocenters. The number of hydrogen-bond donors (Lipinski definition) is 6. The van der Waals surface area contributed by atoms with E-state index in [1.165, 1.54) is 21.1 Å². The van der Waals surface area contributed by atoms with Crippen LogP contribution in [0.2, 0.25) is 0 Å². The molecule has 0 heterocycles. The molecule has 0 saturated heterocycles. The highest BCUT2D eigenvalue weighted by molar-refractivity contribution is 6.24. The number of carbonyl (C=O) groups excluding carboxylic acids is 6. The van der Waals surface area contributed by atoms with Crippen LogP contribution >= 0.6 is 0 Å². The number of nitrogens with one attached hydrogen (secondary N) is 3. The van der Waals surface area contributed by atoms with E-state index < -0.39 is 82.6 Å². The first kappa shape index (κ1) is 36.8. The van der Waals surface area contributed by atoms with Crippen LogP contribution in [0.5, 0.6) is 0 Å². The molecule has 39 heavy (non-hydrogen) atoms. The molecule has 0 rings (SSSR count). The Hall–Kier alpha value is -2.22. The van der Waals surface area contributed by atoms with Gasteiger partial charge in [-0.05, 0) is 45.8 Å². The van der Waals surface area contributed by atoms with Crippen LogP contribution in [0.25, 0.3) is 0 Å². The normalized spacial score (nSPS) is 19.0. The molecule has 6 N–H and O–H groups in total. The molecule has 12 nitrogen and oxygen atoms in total. The third-order valence-corrected chi connectivity index (χ3v) is 7.04. The van der Waals surface area contributed by atoms with Gasteiger partial charge in [0.15, 0.2) is 39.9 Å². The Kier molecular flexibility index (Phi) is 13.6. The van der Waals surface area contributed by atoms with E-state index in [0.29, 0.717) is 0 Å². The quantitative estimate of drug-likeness (QED) is 0.103. The smallest absolute Gasteiger partial charge is 0.241 e. The summed E-state index contributed by atoms with van der Waals surface area (Å²) in [4.78, 5) is 78.3. The fourth-order valence-corrected chi connectivity index (χ4v) is 4.65. The topological polar surface area (TPSA) is 199 Å². The molecule has 0 aromatic rings. The van der Waals surface area contributed by atoms with Gasteiger partial charge in [-0.1, -0.05) is 41.5 Å². The number of aliphatic hydroxyl groups is 3. The summed E-state index contributed by atoms with van der Waals surface area (Å²) in [6.07, 6.45) is -1.51. The van der Waals surface area contributed by atoms with E-state index >= 15 is 0 Å². The predicted octanol–water partition coefficient (Wildman–Crippen LogP) is -1.33. The standard InChI is InChI=1S/C27H46N3O9/c1-14(2)19(28-8)17(32)11-26(38,13-31)24(36)27(39,23(35)21(30-10)16(5)6)12-18(33)25(7,37)22(34)20(29-9)15(3)4/h14-16,19-21,28-30,37-39H,11-12H2,1-10H3/t19-,20-,21-,25?,26?,27?/m0/s1. The monoisotopic (exact) mass is 556 g/mol. The Morgan fingerprint density at radius 3 is 1.41 bits per heavy atom. The summed E-state index contributed by atoms with van der Waals surface area (Å²) in [6, 6.07) is -3.13. The van der Waals surface area contributed by atoms with Gasteiger partial charge in [-0.2, -0.15) is 0 Å². The van der Waals surface area contributed by atoms with Gasteiger partial charge in [0.05, 0.1) is 31.0 Å². The average molecular weight is 557 g/mol. The highest BCUT2D eigenvalue weighted by Crippen LogP contribution is 2.30. The largest absolute Gasteiger partial charge is 0.375 e. The van der Waals surface area contributed by atoms with Gasteiger partial charge >= 0.3 is 0 Å². The molecule has 0 amide bonds. The second-order valence-corrected chi connectivity index (χ2v) is 11.2. The summed E-state index contributed by atoms with van der Waals surface area (Å²) in [5.41, 5.74) is -9.46. The SMILES string of the molecule is CN[C@H](C(=O)CC(O)([C]=O)C(=O)C(O)(CC(=O)C(C)(O)C(=O)[C@@H](NC)C(C)C)C(=O)[C@@H](NC)C(C)C)C(C)C. The number of likely N-dealkylation sites (N-methyl/N-ethyl adjacent to an activating group) is 3. The number of ketones is 5. The van der Waals surface area contributed by atoms with Crippen molar-refractivity contribution in [2.24, 2.45) is 17.8 Å². The summed E-state index contributed by atoms with van der Waals surface area (Å²) >= 11 is 0. The molecule has 0 aliphatic heterocycles. The van der Waals surface area contributed by atoms with Gasteiger partial charge in [0.1, 0.15) is 0 Å². The minimum atomic E-state index is -3.40. The number of hydrogen-bond acceptors (Lipinski definition) is 12. The van der Waals surface area contributed by atoms with Crippen LogP contribution in [0.1, 0.15) is 61.3 Å². The van der Waals surface area contributed by atoms with Crippen LogP contribution in [0.15, 0.2) is 0 Å². The summed E-state index contributed by atoms with van der Waals surface area (Å²) < 4.78 is 0. The van der Waals surface area contributed by atoms with Gasteiger partial charge in [0.2, 0.25) is 12.1 Å². The highest BCUT2D eigenvalue weighted by atomic mass is 16.3. The Morgan fingerprint density at radius 2 is 1.08 bits per heavy atom. The second-order valence-electron chi connectivity index (χ2n) is 11.2. The Labute approximate surface area is 230 Å². The first-order chi connectivity index (χ1) is 17.7. The average Bonchev–Trinajstić information content (AvgIpc) is 2.83. The fraction of sp³-hybridized carbons (Fsp3) is 0.778. The van der Waals surface area contributed by atoms with Gasteiger partial charge in [-0.3, -0.25) is 28.8 Å². The molecule has 0 fully saturated rings. The molecule has 0 aromatic carbocycles. The summed E-state index contributed by atoms with van der Waals surface area (Å²) in [5.74, 6) is -7.50. The lowest BCUT2D eigenvalue weighted by Crippen LogP contribution is -2.65. The van der Waals surface area contributed by atoms with Crippen molar-refractivity contribution in [1.82, 2.24) is 16.0 Å². The molecular weight excluding hydrogens is 510 g/mol. The number of carbonyl (C=O) groups is 5. The van der Waals surface area contributed by atoms with E-state index in [2.05, 4.69) is 16.0 Å². The van der Waals surface area contributed by atoms with Crippen molar-refractivity contribution >= 4 is 35.2 Å². The third kappa shape index (κ3) is 8.15. The molecule has 12 heteroatoms. The van der Waals surface area contributed by atoms with Crippen LogP contribution in [0.4, 0.5) is 0 Å². The van der Waals surface area contributed by atoms with Gasteiger partial charge in [0.25, 0.3) is 0 Å². The van der Waals surface area contributed by atoms with Crippen LogP contribution < -0.4 is 16.0 Å². The van der Waals surface area contributed by atoms with Gasteiger partial charge in [0, 0.05) is 0 Å². The van der Waals surface area contributed by atoms with E-state index in [9.17, 15) is 44.1 Å². The minimum Gasteiger partial charge on any atom is -0.375 e. The van der Waals surface area contributed by atoms with Gasteiger partial charge < -0.3 is 31.3 Å². The maximum atomic E-state index is 13.6. The Balaban J connectivity index is 6.83. The highest BCUT2D eigenvalue weighted by Gasteiger charge is 2.59. The lowest BCUT2D eigenvalue weighted by atomic mass is 9.72. The zero-order valence-corrected chi connectivity index (χ0v) is 24.7. The molecule has 0 aliphatic carbocycles. The molecule has 0 aliphatic rings. The van der Waals surface area contributed by atoms with Crippen molar-refractivity contribution in [3.63, 3.8) is 0 Å². The summed E-state index contributed by atoms with van der Waals surface area (Å²) in [5, 5.41) is 41.5. The zero-order chi connectivity index (χ0) is 31.1. The lowest BCUT2D eigenvalue weighted by molar-refractivity contribution is -0.169. The minimum absolute atomic E-state index is 0.313. The van der Waals surface area contributed by atoms with Crippen molar-refractivity contribution in [3.05, 3.63) is 0 Å². The van der Waals surface area contributed by atoms with Crippen LogP contribution in [-0.4, -0.2) is 107 Å². The third-order valence-electron chi connectivity index (χ3n) is 7.04. The second kappa shape index (κ2) is 14.4.